The molecule has 8 nitrogen and oxygen atoms in total. The zero-order valence-corrected chi connectivity index (χ0v) is 21.5. The second-order valence-corrected chi connectivity index (χ2v) is 11.6. The molecule has 0 radical (unpaired) electrons. The average molecular weight is 500 g/mol. The van der Waals surface area contributed by atoms with E-state index < -0.39 is 27.5 Å². The molecule has 1 aliphatic heterocycles. The van der Waals surface area contributed by atoms with Gasteiger partial charge in [0.1, 0.15) is 10.9 Å². The quantitative estimate of drug-likeness (QED) is 0.571. The summed E-state index contributed by atoms with van der Waals surface area (Å²) in [5, 5.41) is 2.91. The van der Waals surface area contributed by atoms with Crippen LogP contribution in [0.4, 0.5) is 0 Å². The van der Waals surface area contributed by atoms with Crippen molar-refractivity contribution in [2.45, 2.75) is 63.4 Å². The van der Waals surface area contributed by atoms with Crippen LogP contribution in [-0.4, -0.2) is 60.0 Å². The van der Waals surface area contributed by atoms with Crippen molar-refractivity contribution in [2.75, 3.05) is 13.1 Å². The average Bonchev–Trinajstić information content (AvgIpc) is 2.99. The van der Waals surface area contributed by atoms with Crippen LogP contribution in [0.3, 0.4) is 0 Å². The van der Waals surface area contributed by atoms with Crippen LogP contribution in [0.5, 0.6) is 0 Å². The molecule has 188 valence electrons. The zero-order valence-electron chi connectivity index (χ0n) is 20.7. The first-order valence-electron chi connectivity index (χ1n) is 11.7. The molecule has 1 aliphatic rings. The van der Waals surface area contributed by atoms with Crippen molar-refractivity contribution in [1.82, 2.24) is 14.5 Å². The van der Waals surface area contributed by atoms with Crippen LogP contribution in [0.2, 0.25) is 0 Å². The van der Waals surface area contributed by atoms with E-state index in [0.717, 1.165) is 9.87 Å². The second-order valence-electron chi connectivity index (χ2n) is 9.72. The number of carbonyl (C=O) groups is 3. The maximum Gasteiger partial charge on any atom is 0.269 e. The number of hydrogen-bond acceptors (Lipinski definition) is 5. The van der Waals surface area contributed by atoms with Gasteiger partial charge in [0.2, 0.25) is 11.8 Å². The van der Waals surface area contributed by atoms with Crippen molar-refractivity contribution < 1.29 is 22.8 Å². The third kappa shape index (κ3) is 6.28. The van der Waals surface area contributed by atoms with Gasteiger partial charge in [0.05, 0.1) is 5.56 Å². The van der Waals surface area contributed by atoms with Crippen LogP contribution in [0.25, 0.3) is 0 Å². The van der Waals surface area contributed by atoms with Crippen LogP contribution in [0.15, 0.2) is 59.5 Å². The van der Waals surface area contributed by atoms with E-state index in [0.29, 0.717) is 13.0 Å². The van der Waals surface area contributed by atoms with Gasteiger partial charge in [-0.25, -0.2) is 12.7 Å². The number of benzene rings is 2. The summed E-state index contributed by atoms with van der Waals surface area (Å²) in [5.74, 6) is -1.10. The fourth-order valence-electron chi connectivity index (χ4n) is 4.01. The molecule has 0 spiro atoms. The molecule has 0 aliphatic carbocycles. The molecule has 1 atom stereocenters. The van der Waals surface area contributed by atoms with Gasteiger partial charge >= 0.3 is 0 Å². The highest BCUT2D eigenvalue weighted by Crippen LogP contribution is 2.30. The molecule has 3 amide bonds. The third-order valence-corrected chi connectivity index (χ3v) is 7.65. The summed E-state index contributed by atoms with van der Waals surface area (Å²) in [6.45, 7) is 7.55. The Morgan fingerprint density at radius 1 is 1.03 bits per heavy atom. The number of rotatable bonds is 9. The molecule has 0 aromatic heterocycles. The van der Waals surface area contributed by atoms with Gasteiger partial charge in [-0.15, -0.1) is 0 Å². The van der Waals surface area contributed by atoms with Crippen molar-refractivity contribution in [3.05, 3.63) is 65.7 Å². The lowest BCUT2D eigenvalue weighted by atomic mass is 10.1. The second kappa shape index (κ2) is 10.6. The fourth-order valence-corrected chi connectivity index (χ4v) is 5.62. The van der Waals surface area contributed by atoms with Crippen LogP contribution in [-0.2, 0) is 26.0 Å². The topological polar surface area (TPSA) is 104 Å². The normalized spacial score (nSPS) is 15.4. The lowest BCUT2D eigenvalue weighted by Gasteiger charge is -2.31. The summed E-state index contributed by atoms with van der Waals surface area (Å²) in [7, 11) is -3.92. The monoisotopic (exact) mass is 499 g/mol. The first kappa shape index (κ1) is 26.4. The first-order chi connectivity index (χ1) is 16.4. The zero-order chi connectivity index (χ0) is 25.8. The smallest absolute Gasteiger partial charge is 0.269 e. The van der Waals surface area contributed by atoms with Crippen LogP contribution in [0, 0.1) is 0 Å². The van der Waals surface area contributed by atoms with Gasteiger partial charge < -0.3 is 10.2 Å². The molecule has 2 aromatic rings. The van der Waals surface area contributed by atoms with E-state index in [-0.39, 0.29) is 41.7 Å². The number of nitrogens with zero attached hydrogens (tertiary/aromatic N) is 2. The molecule has 0 bridgehead atoms. The summed E-state index contributed by atoms with van der Waals surface area (Å²) < 4.78 is 26.3. The predicted octanol–water partition coefficient (Wildman–Crippen LogP) is 2.99. The Morgan fingerprint density at radius 3 is 2.29 bits per heavy atom. The highest BCUT2D eigenvalue weighted by Gasteiger charge is 2.40. The number of hydrogen-bond donors (Lipinski definition) is 1. The Morgan fingerprint density at radius 2 is 1.66 bits per heavy atom. The van der Waals surface area contributed by atoms with Gasteiger partial charge in [0.25, 0.3) is 15.9 Å². The van der Waals surface area contributed by atoms with Gasteiger partial charge in [-0.1, -0.05) is 42.5 Å². The third-order valence-electron chi connectivity index (χ3n) is 5.81. The molecular formula is C26H33N3O5S. The number of carbonyl (C=O) groups excluding carboxylic acids is 3. The van der Waals surface area contributed by atoms with E-state index >= 15 is 0 Å². The summed E-state index contributed by atoms with van der Waals surface area (Å²) in [6, 6.07) is 15.1. The molecule has 1 heterocycles. The lowest BCUT2D eigenvalue weighted by Crippen LogP contribution is -2.53. The Bertz CT molecular complexity index is 1190. The standard InChI is InChI=1S/C26H33N3O5S/c1-19(24(31)27-26(2,3)4)28(18-16-20-11-6-5-7-12-20)23(30)15-10-17-29-25(32)21-13-8-9-14-22(21)35(29,33)34/h5-9,11-14,19H,10,15-18H2,1-4H3,(H,27,31). The molecule has 2 aromatic carbocycles. The maximum atomic E-state index is 13.2. The van der Waals surface area contributed by atoms with Crippen LogP contribution < -0.4 is 5.32 Å². The SMILES string of the molecule is CC(C(=O)NC(C)(C)C)N(CCc1ccccc1)C(=O)CCCN1C(=O)c2ccccc2S1(=O)=O. The van der Waals surface area contributed by atoms with E-state index in [1.54, 1.807) is 19.1 Å². The van der Waals surface area contributed by atoms with E-state index in [2.05, 4.69) is 5.32 Å². The highest BCUT2D eigenvalue weighted by molar-refractivity contribution is 7.90. The maximum absolute atomic E-state index is 13.2. The Kier molecular flexibility index (Phi) is 8.00. The molecule has 0 fully saturated rings. The van der Waals surface area contributed by atoms with Gasteiger partial charge in [-0.3, -0.25) is 14.4 Å². The van der Waals surface area contributed by atoms with E-state index in [1.165, 1.54) is 17.0 Å². The number of fused-ring (bicyclic) bond motifs is 1. The van der Waals surface area contributed by atoms with Crippen LogP contribution in [0.1, 0.15) is 56.5 Å². The van der Waals surface area contributed by atoms with E-state index in [4.69, 9.17) is 0 Å². The van der Waals surface area contributed by atoms with Crippen molar-refractivity contribution in [1.29, 1.82) is 0 Å². The molecule has 0 saturated heterocycles. The first-order valence-corrected chi connectivity index (χ1v) is 13.2. The minimum absolute atomic E-state index is 0.00622. The predicted molar refractivity (Wildman–Crippen MR) is 133 cm³/mol. The molecular weight excluding hydrogens is 466 g/mol. The number of sulfonamides is 1. The summed E-state index contributed by atoms with van der Waals surface area (Å²) in [5.41, 5.74) is 0.745. The summed E-state index contributed by atoms with van der Waals surface area (Å²) in [4.78, 5) is 40.2. The fraction of sp³-hybridized carbons (Fsp3) is 0.423. The Labute approximate surface area is 207 Å². The summed E-state index contributed by atoms with van der Waals surface area (Å²) in [6.07, 6.45) is 0.749. The van der Waals surface area contributed by atoms with Crippen molar-refractivity contribution in [2.24, 2.45) is 0 Å². The Balaban J connectivity index is 1.68. The molecule has 1 unspecified atom stereocenters. The van der Waals surface area contributed by atoms with Gasteiger partial charge in [-0.2, -0.15) is 0 Å². The lowest BCUT2D eigenvalue weighted by molar-refractivity contribution is -0.140. The minimum atomic E-state index is -3.92. The van der Waals surface area contributed by atoms with Crippen LogP contribution >= 0.6 is 0 Å². The summed E-state index contributed by atoms with van der Waals surface area (Å²) >= 11 is 0. The van der Waals surface area contributed by atoms with Crippen molar-refractivity contribution in [3.63, 3.8) is 0 Å². The van der Waals surface area contributed by atoms with Crippen molar-refractivity contribution >= 4 is 27.7 Å². The number of amides is 3. The molecule has 0 saturated carbocycles. The van der Waals surface area contributed by atoms with E-state index in [1.807, 2.05) is 51.1 Å². The molecule has 9 heteroatoms. The van der Waals surface area contributed by atoms with E-state index in [9.17, 15) is 22.8 Å². The molecule has 35 heavy (non-hydrogen) atoms. The van der Waals surface area contributed by atoms with Gasteiger partial charge in [0.15, 0.2) is 0 Å². The van der Waals surface area contributed by atoms with Gasteiger partial charge in [-0.05, 0) is 58.2 Å². The molecule has 1 N–H and O–H groups in total. The minimum Gasteiger partial charge on any atom is -0.350 e. The highest BCUT2D eigenvalue weighted by atomic mass is 32.2. The molecule has 3 rings (SSSR count). The largest absolute Gasteiger partial charge is 0.350 e. The Hall–Kier alpha value is -3.20. The van der Waals surface area contributed by atoms with Gasteiger partial charge in [0, 0.05) is 25.0 Å². The van der Waals surface area contributed by atoms with Crippen molar-refractivity contribution in [3.8, 4) is 0 Å². The number of nitrogens with one attached hydrogen (secondary N) is 1.